The van der Waals surface area contributed by atoms with Crippen molar-refractivity contribution in [2.75, 3.05) is 40.0 Å². The zero-order valence-electron chi connectivity index (χ0n) is 9.84. The molecular weight excluding hydrogens is 178 g/mol. The molecule has 0 aliphatic carbocycles. The Kier molecular flexibility index (Phi) is 10.9. The minimum Gasteiger partial charge on any atom is -0.382 e. The van der Waals surface area contributed by atoms with Gasteiger partial charge in [0.05, 0.1) is 13.2 Å². The summed E-state index contributed by atoms with van der Waals surface area (Å²) in [7, 11) is 1.70. The van der Waals surface area contributed by atoms with Gasteiger partial charge in [0.2, 0.25) is 0 Å². The highest BCUT2D eigenvalue weighted by atomic mass is 16.5. The molecule has 1 unspecified atom stereocenters. The van der Waals surface area contributed by atoms with Crippen LogP contribution in [0.4, 0.5) is 0 Å². The van der Waals surface area contributed by atoms with E-state index in [-0.39, 0.29) is 0 Å². The number of hydrogen-bond donors (Lipinski definition) is 1. The Bertz CT molecular complexity index is 109. The van der Waals surface area contributed by atoms with Crippen LogP contribution in [0.3, 0.4) is 0 Å². The molecule has 0 saturated heterocycles. The fraction of sp³-hybridized carbons (Fsp3) is 1.00. The van der Waals surface area contributed by atoms with Crippen LogP contribution in [0.15, 0.2) is 0 Å². The fourth-order valence-electron chi connectivity index (χ4n) is 1.29. The van der Waals surface area contributed by atoms with Gasteiger partial charge in [0.1, 0.15) is 0 Å². The van der Waals surface area contributed by atoms with E-state index in [0.717, 1.165) is 32.0 Å². The first-order valence-corrected chi connectivity index (χ1v) is 5.62. The smallest absolute Gasteiger partial charge is 0.0700 e. The van der Waals surface area contributed by atoms with Gasteiger partial charge in [-0.1, -0.05) is 20.3 Å². The molecule has 0 aromatic heterocycles. The van der Waals surface area contributed by atoms with E-state index in [1.54, 1.807) is 7.11 Å². The Morgan fingerprint density at radius 2 is 1.93 bits per heavy atom. The molecule has 0 amide bonds. The number of nitrogens with one attached hydrogen (secondary N) is 1. The third-order valence-electron chi connectivity index (χ3n) is 2.36. The molecular formula is C11H25NO2. The molecule has 0 saturated carbocycles. The maximum atomic E-state index is 5.43. The van der Waals surface area contributed by atoms with E-state index in [4.69, 9.17) is 9.47 Å². The molecule has 14 heavy (non-hydrogen) atoms. The van der Waals surface area contributed by atoms with Crippen molar-refractivity contribution in [3.8, 4) is 0 Å². The van der Waals surface area contributed by atoms with E-state index in [1.165, 1.54) is 6.42 Å². The quantitative estimate of drug-likeness (QED) is 0.548. The third-order valence-corrected chi connectivity index (χ3v) is 2.36. The van der Waals surface area contributed by atoms with Gasteiger partial charge in [-0.25, -0.2) is 0 Å². The summed E-state index contributed by atoms with van der Waals surface area (Å²) in [4.78, 5) is 0. The molecule has 86 valence electrons. The average molecular weight is 203 g/mol. The second-order valence-electron chi connectivity index (χ2n) is 3.48. The lowest BCUT2D eigenvalue weighted by atomic mass is 10.0. The first-order chi connectivity index (χ1) is 6.85. The molecule has 3 heteroatoms. The number of hydrogen-bond acceptors (Lipinski definition) is 3. The van der Waals surface area contributed by atoms with Crippen molar-refractivity contribution in [2.45, 2.75) is 26.7 Å². The molecule has 0 rings (SSSR count). The van der Waals surface area contributed by atoms with E-state index in [9.17, 15) is 0 Å². The largest absolute Gasteiger partial charge is 0.382 e. The van der Waals surface area contributed by atoms with E-state index < -0.39 is 0 Å². The first kappa shape index (κ1) is 13.9. The average Bonchev–Trinajstić information content (AvgIpc) is 2.22. The van der Waals surface area contributed by atoms with Gasteiger partial charge < -0.3 is 14.8 Å². The summed E-state index contributed by atoms with van der Waals surface area (Å²) in [5.74, 6) is 0.748. The highest BCUT2D eigenvalue weighted by Gasteiger charge is 2.04. The summed E-state index contributed by atoms with van der Waals surface area (Å²) < 4.78 is 10.3. The van der Waals surface area contributed by atoms with Gasteiger partial charge in [0, 0.05) is 13.7 Å². The minimum absolute atomic E-state index is 0.698. The van der Waals surface area contributed by atoms with Crippen molar-refractivity contribution in [3.05, 3.63) is 0 Å². The topological polar surface area (TPSA) is 30.5 Å². The summed E-state index contributed by atoms with van der Waals surface area (Å²) in [6, 6.07) is 0. The van der Waals surface area contributed by atoms with Crippen molar-refractivity contribution in [2.24, 2.45) is 5.92 Å². The second-order valence-corrected chi connectivity index (χ2v) is 3.48. The van der Waals surface area contributed by atoms with E-state index in [0.29, 0.717) is 13.2 Å². The lowest BCUT2D eigenvalue weighted by Crippen LogP contribution is -2.23. The van der Waals surface area contributed by atoms with Gasteiger partial charge in [-0.2, -0.15) is 0 Å². The highest BCUT2D eigenvalue weighted by molar-refractivity contribution is 4.59. The Labute approximate surface area is 88.2 Å². The molecule has 0 aliphatic heterocycles. The van der Waals surface area contributed by atoms with E-state index in [2.05, 4.69) is 19.2 Å². The van der Waals surface area contributed by atoms with Gasteiger partial charge in [-0.05, 0) is 25.4 Å². The summed E-state index contributed by atoms with van der Waals surface area (Å²) in [6.07, 6.45) is 2.37. The van der Waals surface area contributed by atoms with Crippen LogP contribution in [0, 0.1) is 5.92 Å². The summed E-state index contributed by atoms with van der Waals surface area (Å²) in [5.41, 5.74) is 0. The standard InChI is InChI=1S/C11H25NO2/c1-4-11(10-12-5-2)6-7-14-9-8-13-3/h11-12H,4-10H2,1-3H3. The van der Waals surface area contributed by atoms with Crippen LogP contribution in [-0.2, 0) is 9.47 Å². The van der Waals surface area contributed by atoms with Gasteiger partial charge in [-0.3, -0.25) is 0 Å². The zero-order valence-corrected chi connectivity index (χ0v) is 9.84. The van der Waals surface area contributed by atoms with E-state index in [1.807, 2.05) is 0 Å². The minimum atomic E-state index is 0.698. The molecule has 0 bridgehead atoms. The van der Waals surface area contributed by atoms with Gasteiger partial charge >= 0.3 is 0 Å². The Morgan fingerprint density at radius 1 is 1.14 bits per heavy atom. The van der Waals surface area contributed by atoms with Gasteiger partial charge in [0.25, 0.3) is 0 Å². The van der Waals surface area contributed by atoms with Crippen molar-refractivity contribution >= 4 is 0 Å². The van der Waals surface area contributed by atoms with Crippen LogP contribution in [0.25, 0.3) is 0 Å². The Hall–Kier alpha value is -0.120. The van der Waals surface area contributed by atoms with Crippen molar-refractivity contribution < 1.29 is 9.47 Å². The van der Waals surface area contributed by atoms with E-state index >= 15 is 0 Å². The summed E-state index contributed by atoms with van der Waals surface area (Å²) >= 11 is 0. The molecule has 0 aromatic rings. The predicted octanol–water partition coefficient (Wildman–Crippen LogP) is 1.68. The SMILES string of the molecule is CCNCC(CC)CCOCCOC. The Morgan fingerprint density at radius 3 is 2.50 bits per heavy atom. The molecule has 0 spiro atoms. The van der Waals surface area contributed by atoms with Crippen molar-refractivity contribution in [1.82, 2.24) is 5.32 Å². The highest BCUT2D eigenvalue weighted by Crippen LogP contribution is 2.06. The molecule has 1 N–H and O–H groups in total. The van der Waals surface area contributed by atoms with Gasteiger partial charge in [-0.15, -0.1) is 0 Å². The normalized spacial score (nSPS) is 13.1. The molecule has 1 atom stereocenters. The van der Waals surface area contributed by atoms with Crippen LogP contribution >= 0.6 is 0 Å². The Balaban J connectivity index is 3.24. The second kappa shape index (κ2) is 11.0. The van der Waals surface area contributed by atoms with Crippen LogP contribution < -0.4 is 5.32 Å². The lowest BCUT2D eigenvalue weighted by Gasteiger charge is -2.14. The number of methoxy groups -OCH3 is 1. The molecule has 0 fully saturated rings. The lowest BCUT2D eigenvalue weighted by molar-refractivity contribution is 0.0634. The predicted molar refractivity (Wildman–Crippen MR) is 59.6 cm³/mol. The van der Waals surface area contributed by atoms with Crippen molar-refractivity contribution in [3.63, 3.8) is 0 Å². The maximum Gasteiger partial charge on any atom is 0.0700 e. The van der Waals surface area contributed by atoms with Crippen LogP contribution in [0.2, 0.25) is 0 Å². The fourth-order valence-corrected chi connectivity index (χ4v) is 1.29. The number of rotatable bonds is 10. The third kappa shape index (κ3) is 8.48. The summed E-state index contributed by atoms with van der Waals surface area (Å²) in [6.45, 7) is 8.81. The molecule has 0 radical (unpaired) electrons. The zero-order chi connectivity index (χ0) is 10.6. The number of ether oxygens (including phenoxy) is 2. The molecule has 3 nitrogen and oxygen atoms in total. The molecule has 0 aliphatic rings. The first-order valence-electron chi connectivity index (χ1n) is 5.62. The monoisotopic (exact) mass is 203 g/mol. The van der Waals surface area contributed by atoms with Gasteiger partial charge in [0.15, 0.2) is 0 Å². The van der Waals surface area contributed by atoms with Crippen LogP contribution in [0.5, 0.6) is 0 Å². The van der Waals surface area contributed by atoms with Crippen LogP contribution in [-0.4, -0.2) is 40.0 Å². The molecule has 0 aromatic carbocycles. The summed E-state index contributed by atoms with van der Waals surface area (Å²) in [5, 5.41) is 3.37. The van der Waals surface area contributed by atoms with Crippen LogP contribution in [0.1, 0.15) is 26.7 Å². The van der Waals surface area contributed by atoms with Crippen molar-refractivity contribution in [1.29, 1.82) is 0 Å². The molecule has 0 heterocycles. The maximum absolute atomic E-state index is 5.43.